The molecule has 0 atom stereocenters. The molecule has 0 aliphatic carbocycles. The Kier molecular flexibility index (Phi) is 3.94. The highest BCUT2D eigenvalue weighted by molar-refractivity contribution is 5.17. The Morgan fingerprint density at radius 2 is 1.92 bits per heavy atom. The number of benzene rings is 1. The van der Waals surface area contributed by atoms with Crippen LogP contribution < -0.4 is 0 Å². The number of halogens is 1. The lowest BCUT2D eigenvalue weighted by atomic mass is 10.0. The first-order valence-corrected chi connectivity index (χ1v) is 4.93. The van der Waals surface area contributed by atoms with Gasteiger partial charge in [-0.05, 0) is 30.4 Å². The molecule has 0 heterocycles. The molecule has 1 aromatic rings. The fourth-order valence-electron chi connectivity index (χ4n) is 1.40. The van der Waals surface area contributed by atoms with Gasteiger partial charge in [-0.15, -0.1) is 0 Å². The molecule has 0 fully saturated rings. The van der Waals surface area contributed by atoms with Crippen LogP contribution in [0.25, 0.3) is 0 Å². The molecule has 1 rings (SSSR count). The monoisotopic (exact) mass is 180 g/mol. The molecule has 0 nitrogen and oxygen atoms in total. The Balaban J connectivity index is 2.41. The van der Waals surface area contributed by atoms with E-state index in [0.29, 0.717) is 5.92 Å². The van der Waals surface area contributed by atoms with E-state index in [2.05, 4.69) is 13.8 Å². The van der Waals surface area contributed by atoms with Crippen molar-refractivity contribution in [3.8, 4) is 0 Å². The Bertz CT molecular complexity index is 253. The van der Waals surface area contributed by atoms with Crippen molar-refractivity contribution < 1.29 is 4.39 Å². The van der Waals surface area contributed by atoms with Crippen molar-refractivity contribution in [1.29, 1.82) is 0 Å². The normalized spacial score (nSPS) is 10.8. The van der Waals surface area contributed by atoms with E-state index < -0.39 is 0 Å². The summed E-state index contributed by atoms with van der Waals surface area (Å²) >= 11 is 0. The molecule has 0 saturated heterocycles. The standard InChI is InChI=1S/C12H17F/c1-10(2)6-5-8-11-7-3-4-9-12(11)13/h3-4,7,9-10H,5-6,8H2,1-2H3. The van der Waals surface area contributed by atoms with Crippen molar-refractivity contribution in [2.24, 2.45) is 5.92 Å². The van der Waals surface area contributed by atoms with Gasteiger partial charge in [0.25, 0.3) is 0 Å². The van der Waals surface area contributed by atoms with Crippen LogP contribution in [-0.4, -0.2) is 0 Å². The third-order valence-corrected chi connectivity index (χ3v) is 2.19. The number of hydrogen-bond donors (Lipinski definition) is 0. The molecule has 0 aromatic heterocycles. The van der Waals surface area contributed by atoms with Crippen molar-refractivity contribution in [2.45, 2.75) is 33.1 Å². The SMILES string of the molecule is CC(C)CCCc1ccccc1F. The van der Waals surface area contributed by atoms with Gasteiger partial charge in [-0.2, -0.15) is 0 Å². The van der Waals surface area contributed by atoms with E-state index in [4.69, 9.17) is 0 Å². The molecule has 1 aromatic carbocycles. The molecular formula is C12H17F. The summed E-state index contributed by atoms with van der Waals surface area (Å²) in [6.07, 6.45) is 3.12. The molecule has 0 N–H and O–H groups in total. The van der Waals surface area contributed by atoms with Crippen LogP contribution >= 0.6 is 0 Å². The van der Waals surface area contributed by atoms with E-state index in [9.17, 15) is 4.39 Å². The van der Waals surface area contributed by atoms with Crippen molar-refractivity contribution in [1.82, 2.24) is 0 Å². The summed E-state index contributed by atoms with van der Waals surface area (Å²) in [5.74, 6) is 0.651. The summed E-state index contributed by atoms with van der Waals surface area (Å²) in [5.41, 5.74) is 0.850. The summed E-state index contributed by atoms with van der Waals surface area (Å²) in [5, 5.41) is 0. The maximum Gasteiger partial charge on any atom is 0.126 e. The first kappa shape index (κ1) is 10.2. The second-order valence-corrected chi connectivity index (χ2v) is 3.88. The van der Waals surface area contributed by atoms with E-state index in [0.717, 1.165) is 18.4 Å². The fraction of sp³-hybridized carbons (Fsp3) is 0.500. The van der Waals surface area contributed by atoms with Gasteiger partial charge >= 0.3 is 0 Å². The molecule has 0 bridgehead atoms. The highest BCUT2D eigenvalue weighted by Crippen LogP contribution is 2.12. The van der Waals surface area contributed by atoms with Gasteiger partial charge in [0, 0.05) is 0 Å². The minimum absolute atomic E-state index is 0.0637. The Morgan fingerprint density at radius 1 is 1.23 bits per heavy atom. The lowest BCUT2D eigenvalue weighted by Crippen LogP contribution is -1.93. The van der Waals surface area contributed by atoms with Crippen LogP contribution in [0.2, 0.25) is 0 Å². The van der Waals surface area contributed by atoms with Crippen molar-refractivity contribution in [3.05, 3.63) is 35.6 Å². The highest BCUT2D eigenvalue weighted by Gasteiger charge is 2.00. The smallest absolute Gasteiger partial charge is 0.126 e. The lowest BCUT2D eigenvalue weighted by Gasteiger charge is -2.04. The maximum absolute atomic E-state index is 13.1. The quantitative estimate of drug-likeness (QED) is 0.661. The zero-order chi connectivity index (χ0) is 9.68. The predicted octanol–water partition coefficient (Wildman–Crippen LogP) is 3.80. The molecule has 0 unspecified atom stereocenters. The van der Waals surface area contributed by atoms with Crippen molar-refractivity contribution >= 4 is 0 Å². The predicted molar refractivity (Wildman–Crippen MR) is 54.2 cm³/mol. The average Bonchev–Trinajstić information content (AvgIpc) is 2.08. The molecule has 0 aliphatic heterocycles. The van der Waals surface area contributed by atoms with E-state index in [1.54, 1.807) is 6.07 Å². The number of hydrogen-bond acceptors (Lipinski definition) is 0. The van der Waals surface area contributed by atoms with Gasteiger partial charge in [0.15, 0.2) is 0 Å². The van der Waals surface area contributed by atoms with Gasteiger partial charge in [-0.25, -0.2) is 4.39 Å². The fourth-order valence-corrected chi connectivity index (χ4v) is 1.40. The highest BCUT2D eigenvalue weighted by atomic mass is 19.1. The molecule has 13 heavy (non-hydrogen) atoms. The first-order valence-electron chi connectivity index (χ1n) is 4.93. The molecule has 0 amide bonds. The van der Waals surface area contributed by atoms with Crippen molar-refractivity contribution in [2.75, 3.05) is 0 Å². The van der Waals surface area contributed by atoms with Gasteiger partial charge in [0.1, 0.15) is 5.82 Å². The van der Waals surface area contributed by atoms with Gasteiger partial charge in [-0.3, -0.25) is 0 Å². The number of aryl methyl sites for hydroxylation is 1. The number of rotatable bonds is 4. The third kappa shape index (κ3) is 3.58. The molecule has 1 heteroatoms. The zero-order valence-corrected chi connectivity index (χ0v) is 8.39. The Hall–Kier alpha value is -0.850. The van der Waals surface area contributed by atoms with E-state index >= 15 is 0 Å². The second-order valence-electron chi connectivity index (χ2n) is 3.88. The van der Waals surface area contributed by atoms with Crippen LogP contribution in [0.3, 0.4) is 0 Å². The van der Waals surface area contributed by atoms with Crippen LogP contribution in [-0.2, 0) is 6.42 Å². The van der Waals surface area contributed by atoms with Crippen molar-refractivity contribution in [3.63, 3.8) is 0 Å². The lowest BCUT2D eigenvalue weighted by molar-refractivity contribution is 0.543. The topological polar surface area (TPSA) is 0 Å². The summed E-state index contributed by atoms with van der Waals surface area (Å²) < 4.78 is 13.1. The summed E-state index contributed by atoms with van der Waals surface area (Å²) in [4.78, 5) is 0. The van der Waals surface area contributed by atoms with Crippen LogP contribution in [0.4, 0.5) is 4.39 Å². The molecule has 72 valence electrons. The van der Waals surface area contributed by atoms with Crippen LogP contribution in [0.15, 0.2) is 24.3 Å². The molecular weight excluding hydrogens is 163 g/mol. The summed E-state index contributed by atoms with van der Waals surface area (Å²) in [6.45, 7) is 4.39. The Labute approximate surface area is 79.8 Å². The largest absolute Gasteiger partial charge is 0.207 e. The van der Waals surface area contributed by atoms with Gasteiger partial charge in [0.2, 0.25) is 0 Å². The van der Waals surface area contributed by atoms with Gasteiger partial charge in [0.05, 0.1) is 0 Å². The summed E-state index contributed by atoms with van der Waals surface area (Å²) in [7, 11) is 0. The second kappa shape index (κ2) is 5.00. The summed E-state index contributed by atoms with van der Waals surface area (Å²) in [6, 6.07) is 7.04. The van der Waals surface area contributed by atoms with E-state index in [-0.39, 0.29) is 5.82 Å². The van der Waals surface area contributed by atoms with E-state index in [1.165, 1.54) is 12.5 Å². The van der Waals surface area contributed by atoms with Crippen LogP contribution in [0.5, 0.6) is 0 Å². The average molecular weight is 180 g/mol. The molecule has 0 aliphatic rings. The zero-order valence-electron chi connectivity index (χ0n) is 8.39. The van der Waals surface area contributed by atoms with Crippen LogP contribution in [0, 0.1) is 11.7 Å². The van der Waals surface area contributed by atoms with Gasteiger partial charge < -0.3 is 0 Å². The Morgan fingerprint density at radius 3 is 2.54 bits per heavy atom. The minimum Gasteiger partial charge on any atom is -0.207 e. The van der Waals surface area contributed by atoms with Crippen LogP contribution in [0.1, 0.15) is 32.3 Å². The maximum atomic E-state index is 13.1. The molecule has 0 radical (unpaired) electrons. The first-order chi connectivity index (χ1) is 6.20. The third-order valence-electron chi connectivity index (χ3n) is 2.19. The molecule has 0 spiro atoms. The van der Waals surface area contributed by atoms with Gasteiger partial charge in [-0.1, -0.05) is 38.5 Å². The molecule has 0 saturated carbocycles. The minimum atomic E-state index is -0.0637. The van der Waals surface area contributed by atoms with E-state index in [1.807, 2.05) is 12.1 Å².